The number of fused-ring (bicyclic) bond motifs is 2. The third-order valence-corrected chi connectivity index (χ3v) is 4.24. The van der Waals surface area contributed by atoms with Crippen LogP contribution in [-0.4, -0.2) is 27.5 Å². The lowest BCUT2D eigenvalue weighted by Crippen LogP contribution is -2.36. The van der Waals surface area contributed by atoms with Crippen LogP contribution < -0.4 is 5.32 Å². The summed E-state index contributed by atoms with van der Waals surface area (Å²) >= 11 is 0. The number of aliphatic hydroxyl groups is 1. The molecule has 0 saturated heterocycles. The highest BCUT2D eigenvalue weighted by molar-refractivity contribution is 5.54. The summed E-state index contributed by atoms with van der Waals surface area (Å²) in [5.74, 6) is 2.01. The van der Waals surface area contributed by atoms with Crippen molar-refractivity contribution in [1.82, 2.24) is 9.78 Å². The van der Waals surface area contributed by atoms with Gasteiger partial charge in [-0.3, -0.25) is 4.68 Å². The molecule has 1 fully saturated rings. The van der Waals surface area contributed by atoms with Crippen molar-refractivity contribution < 1.29 is 5.11 Å². The van der Waals surface area contributed by atoms with Gasteiger partial charge in [-0.05, 0) is 25.7 Å². The Morgan fingerprint density at radius 2 is 2.31 bits per heavy atom. The van der Waals surface area contributed by atoms with Crippen molar-refractivity contribution in [2.75, 3.05) is 11.9 Å². The molecule has 1 aromatic heterocycles. The van der Waals surface area contributed by atoms with Crippen LogP contribution in [0.4, 0.5) is 5.82 Å². The number of anilines is 1. The molecule has 0 amide bonds. The third-order valence-electron chi connectivity index (χ3n) is 4.24. The van der Waals surface area contributed by atoms with E-state index in [-0.39, 0.29) is 12.5 Å². The number of hydrogen-bond acceptors (Lipinski definition) is 3. The van der Waals surface area contributed by atoms with Gasteiger partial charge in [0, 0.05) is 24.6 Å². The van der Waals surface area contributed by atoms with Gasteiger partial charge >= 0.3 is 0 Å². The zero-order chi connectivity index (χ0) is 11.3. The lowest BCUT2D eigenvalue weighted by molar-refractivity contribution is 0.216. The average Bonchev–Trinajstić information content (AvgIpc) is 2.82. The summed E-state index contributed by atoms with van der Waals surface area (Å²) < 4.78 is 1.92. The molecule has 4 heteroatoms. The summed E-state index contributed by atoms with van der Waals surface area (Å²) in [6.07, 6.45) is 3.74. The van der Waals surface area contributed by atoms with Gasteiger partial charge in [0.15, 0.2) is 0 Å². The summed E-state index contributed by atoms with van der Waals surface area (Å²) in [5.41, 5.74) is 2.31. The molecule has 2 heterocycles. The smallest absolute Gasteiger partial charge is 0.128 e. The molecule has 1 aromatic rings. The Hall–Kier alpha value is -1.03. The molecule has 2 aliphatic rings. The minimum Gasteiger partial charge on any atom is -0.396 e. The Labute approximate surface area is 95.7 Å². The van der Waals surface area contributed by atoms with Gasteiger partial charge in [0.1, 0.15) is 5.82 Å². The van der Waals surface area contributed by atoms with Gasteiger partial charge in [0.05, 0.1) is 12.3 Å². The van der Waals surface area contributed by atoms with E-state index in [2.05, 4.69) is 10.4 Å². The number of hydrogen-bond donors (Lipinski definition) is 2. The number of rotatable bonds is 1. The first-order valence-electron chi connectivity index (χ1n) is 6.13. The van der Waals surface area contributed by atoms with Crippen LogP contribution in [0.2, 0.25) is 0 Å². The predicted molar refractivity (Wildman–Crippen MR) is 62.5 cm³/mol. The summed E-state index contributed by atoms with van der Waals surface area (Å²) in [7, 11) is 1.97. The quantitative estimate of drug-likeness (QED) is 0.753. The van der Waals surface area contributed by atoms with Crippen molar-refractivity contribution in [3.8, 4) is 0 Å². The van der Waals surface area contributed by atoms with Gasteiger partial charge in [-0.25, -0.2) is 0 Å². The fourth-order valence-corrected chi connectivity index (χ4v) is 3.56. The van der Waals surface area contributed by atoms with Gasteiger partial charge in [-0.2, -0.15) is 5.10 Å². The van der Waals surface area contributed by atoms with Crippen LogP contribution in [0, 0.1) is 12.8 Å². The molecule has 0 bridgehead atoms. The molecular formula is C12H19N3O. The van der Waals surface area contributed by atoms with E-state index in [0.717, 1.165) is 11.5 Å². The van der Waals surface area contributed by atoms with E-state index in [0.29, 0.717) is 12.0 Å². The van der Waals surface area contributed by atoms with Crippen molar-refractivity contribution in [1.29, 1.82) is 0 Å². The molecule has 4 nitrogen and oxygen atoms in total. The zero-order valence-electron chi connectivity index (χ0n) is 9.90. The van der Waals surface area contributed by atoms with Gasteiger partial charge in [0.2, 0.25) is 0 Å². The number of nitrogens with one attached hydrogen (secondary N) is 1. The van der Waals surface area contributed by atoms with Gasteiger partial charge in [-0.15, -0.1) is 0 Å². The lowest BCUT2D eigenvalue weighted by atomic mass is 9.80. The van der Waals surface area contributed by atoms with Crippen molar-refractivity contribution in [3.63, 3.8) is 0 Å². The second-order valence-electron chi connectivity index (χ2n) is 5.11. The molecule has 3 rings (SSSR count). The van der Waals surface area contributed by atoms with E-state index in [1.54, 1.807) is 0 Å². The number of aryl methyl sites for hydroxylation is 2. The first-order chi connectivity index (χ1) is 7.72. The summed E-state index contributed by atoms with van der Waals surface area (Å²) in [4.78, 5) is 0. The fourth-order valence-electron chi connectivity index (χ4n) is 3.56. The Kier molecular flexibility index (Phi) is 2.21. The first kappa shape index (κ1) is 10.1. The highest BCUT2D eigenvalue weighted by Gasteiger charge is 2.41. The topological polar surface area (TPSA) is 50.1 Å². The molecule has 2 N–H and O–H groups in total. The number of aliphatic hydroxyl groups excluding tert-OH is 1. The minimum absolute atomic E-state index is 0.252. The maximum atomic E-state index is 9.65. The van der Waals surface area contributed by atoms with Gasteiger partial charge < -0.3 is 10.4 Å². The van der Waals surface area contributed by atoms with Crippen LogP contribution >= 0.6 is 0 Å². The molecular weight excluding hydrogens is 202 g/mol. The van der Waals surface area contributed by atoms with E-state index in [1.165, 1.54) is 24.8 Å². The summed E-state index contributed by atoms with van der Waals surface area (Å²) in [6, 6.07) is 0.541. The van der Waals surface area contributed by atoms with E-state index < -0.39 is 0 Å². The summed E-state index contributed by atoms with van der Waals surface area (Å²) in [5, 5.41) is 17.7. The highest BCUT2D eigenvalue weighted by Crippen LogP contribution is 2.46. The maximum absolute atomic E-state index is 9.65. The van der Waals surface area contributed by atoms with Crippen LogP contribution in [0.15, 0.2) is 0 Å². The Morgan fingerprint density at radius 1 is 1.50 bits per heavy atom. The molecule has 1 aliphatic heterocycles. The van der Waals surface area contributed by atoms with Gasteiger partial charge in [0.25, 0.3) is 0 Å². The number of aromatic nitrogens is 2. The Balaban J connectivity index is 2.09. The largest absolute Gasteiger partial charge is 0.396 e. The maximum Gasteiger partial charge on any atom is 0.128 e. The summed E-state index contributed by atoms with van der Waals surface area (Å²) in [6.45, 7) is 2.29. The monoisotopic (exact) mass is 221 g/mol. The van der Waals surface area contributed by atoms with Crippen LogP contribution in [0.3, 0.4) is 0 Å². The van der Waals surface area contributed by atoms with Crippen molar-refractivity contribution in [2.45, 2.75) is 38.1 Å². The predicted octanol–water partition coefficient (Wildman–Crippen LogP) is 1.40. The molecule has 16 heavy (non-hydrogen) atoms. The third kappa shape index (κ3) is 1.22. The molecule has 0 radical (unpaired) electrons. The molecule has 1 aliphatic carbocycles. The molecule has 88 valence electrons. The first-order valence-corrected chi connectivity index (χ1v) is 6.13. The molecule has 1 saturated carbocycles. The van der Waals surface area contributed by atoms with Crippen molar-refractivity contribution in [2.24, 2.45) is 13.0 Å². The van der Waals surface area contributed by atoms with Crippen LogP contribution in [0.1, 0.15) is 36.4 Å². The van der Waals surface area contributed by atoms with E-state index in [4.69, 9.17) is 0 Å². The second-order valence-corrected chi connectivity index (χ2v) is 5.11. The van der Waals surface area contributed by atoms with Crippen LogP contribution in [-0.2, 0) is 7.05 Å². The molecule has 0 unspecified atom stereocenters. The normalized spacial score (nSPS) is 32.1. The van der Waals surface area contributed by atoms with E-state index in [1.807, 2.05) is 18.7 Å². The fraction of sp³-hybridized carbons (Fsp3) is 0.750. The van der Waals surface area contributed by atoms with E-state index >= 15 is 0 Å². The Morgan fingerprint density at radius 3 is 3.06 bits per heavy atom. The average molecular weight is 221 g/mol. The lowest BCUT2D eigenvalue weighted by Gasteiger charge is -2.34. The van der Waals surface area contributed by atoms with Crippen molar-refractivity contribution in [3.05, 3.63) is 11.3 Å². The molecule has 3 atom stereocenters. The van der Waals surface area contributed by atoms with Crippen molar-refractivity contribution >= 4 is 5.82 Å². The van der Waals surface area contributed by atoms with Crippen LogP contribution in [0.5, 0.6) is 0 Å². The minimum atomic E-state index is 0.252. The Bertz CT molecular complexity index is 413. The van der Waals surface area contributed by atoms with Crippen LogP contribution in [0.25, 0.3) is 0 Å². The molecule has 0 spiro atoms. The van der Waals surface area contributed by atoms with E-state index in [9.17, 15) is 5.11 Å². The highest BCUT2D eigenvalue weighted by atomic mass is 16.3. The van der Waals surface area contributed by atoms with Gasteiger partial charge in [-0.1, -0.05) is 6.42 Å². The standard InChI is InChI=1S/C12H19N3O/c1-7-11-9(6-16)8-4-3-5-10(8)13-12(11)15(2)14-7/h8-10,13,16H,3-6H2,1-2H3/t8-,9+,10+/m0/s1. The SMILES string of the molecule is Cc1nn(C)c2c1[C@H](CO)[C@@H]1CCC[C@H]1N2. The zero-order valence-corrected chi connectivity index (χ0v) is 9.90. The molecule has 0 aromatic carbocycles. The number of nitrogens with zero attached hydrogens (tertiary/aromatic N) is 2. The second kappa shape index (κ2) is 3.48.